The average molecular weight is 981 g/mol. The number of fused-ring (bicyclic) bond motifs is 4. The second kappa shape index (κ2) is 25.9. The lowest BCUT2D eigenvalue weighted by Crippen LogP contribution is -2.64. The van der Waals surface area contributed by atoms with E-state index in [1.165, 1.54) is 19.1 Å². The maximum atomic E-state index is 14.3. The molecule has 4 bridgehead atoms. The van der Waals surface area contributed by atoms with Crippen LogP contribution in [0.15, 0.2) is 48.3 Å². The summed E-state index contributed by atoms with van der Waals surface area (Å²) in [5.41, 5.74) is 4.09. The van der Waals surface area contributed by atoms with Crippen molar-refractivity contribution in [3.05, 3.63) is 58.9 Å². The summed E-state index contributed by atoms with van der Waals surface area (Å²) < 4.78 is 29.9. The van der Waals surface area contributed by atoms with Gasteiger partial charge in [0, 0.05) is 46.5 Å². The van der Waals surface area contributed by atoms with Crippen molar-refractivity contribution in [2.24, 2.45) is 11.7 Å². The van der Waals surface area contributed by atoms with Crippen molar-refractivity contribution in [1.82, 2.24) is 26.6 Å². The van der Waals surface area contributed by atoms with Crippen molar-refractivity contribution in [1.29, 1.82) is 0 Å². The number of primary amides is 1. The number of methoxy groups -OCH3 is 2. The van der Waals surface area contributed by atoms with Gasteiger partial charge in [-0.05, 0) is 76.3 Å². The number of carbonyl (C=O) groups excluding carboxylic acids is 6. The lowest BCUT2D eigenvalue weighted by Gasteiger charge is -2.44. The first kappa shape index (κ1) is 56.3. The molecule has 7 amide bonds. The van der Waals surface area contributed by atoms with Gasteiger partial charge in [0.15, 0.2) is 5.72 Å². The van der Waals surface area contributed by atoms with Crippen LogP contribution in [0.1, 0.15) is 85.6 Å². The molecule has 19 nitrogen and oxygen atoms in total. The summed E-state index contributed by atoms with van der Waals surface area (Å²) in [7, 11) is 4.47. The number of thiol groups is 1. The maximum Gasteiger partial charge on any atom is 0.409 e. The van der Waals surface area contributed by atoms with Crippen LogP contribution in [0, 0.1) is 5.92 Å². The number of urea groups is 1. The normalized spacial score (nSPS) is 24.4. The third-order valence-electron chi connectivity index (χ3n) is 11.4. The fraction of sp³-hybridized carbons (Fsp3) is 0.609. The zero-order valence-electron chi connectivity index (χ0n) is 40.0. The van der Waals surface area contributed by atoms with Crippen LogP contribution in [0.4, 0.5) is 15.3 Å². The van der Waals surface area contributed by atoms with E-state index in [2.05, 4.69) is 45.8 Å². The highest BCUT2D eigenvalue weighted by atomic mass is 35.5. The average Bonchev–Trinajstić information content (AvgIpc) is 3.24. The minimum absolute atomic E-state index is 0.0110. The summed E-state index contributed by atoms with van der Waals surface area (Å²) in [5.74, 6) is -1.39. The molecule has 1 aromatic rings. The number of rotatable bonds is 18. The van der Waals surface area contributed by atoms with Crippen molar-refractivity contribution in [2.45, 2.75) is 134 Å². The maximum absolute atomic E-state index is 14.3. The van der Waals surface area contributed by atoms with Crippen molar-refractivity contribution in [2.75, 3.05) is 45.0 Å². The summed E-state index contributed by atoms with van der Waals surface area (Å²) in [5, 5.41) is 25.2. The van der Waals surface area contributed by atoms with Gasteiger partial charge in [0.2, 0.25) is 23.6 Å². The first-order chi connectivity index (χ1) is 31.4. The highest BCUT2D eigenvalue weighted by Crippen LogP contribution is 2.38. The fourth-order valence-electron chi connectivity index (χ4n) is 7.59. The molecule has 7 atom stereocenters. The van der Waals surface area contributed by atoms with Crippen LogP contribution >= 0.6 is 24.2 Å². The van der Waals surface area contributed by atoms with Crippen LogP contribution in [0.5, 0.6) is 5.75 Å². The molecule has 2 aliphatic heterocycles. The highest BCUT2D eigenvalue weighted by Gasteiger charge is 2.48. The molecule has 3 rings (SSSR count). The van der Waals surface area contributed by atoms with E-state index in [9.17, 15) is 33.9 Å². The van der Waals surface area contributed by atoms with Crippen LogP contribution in [0.3, 0.4) is 0 Å². The van der Waals surface area contributed by atoms with Gasteiger partial charge in [-0.25, -0.2) is 9.59 Å². The summed E-state index contributed by atoms with van der Waals surface area (Å²) in [4.78, 5) is 79.4. The number of aliphatic hydroxyl groups is 1. The number of carbonyl (C=O) groups is 6. The number of anilines is 1. The standard InChI is InChI=1S/C46H70ClN7O12S/c1-26(2)40(52-37(55)17-20-67)42(58)51-31(14-12-18-50-43(48)59)41(57)49-19-16-28(4)64-36-24-38(56)54(8)32-22-30(23-33(62-9)39(32)47)21-27(3)13-11-15-35(63-10)46(61)25-34(65-44(60)53-46)29(5)66-45(36,6)7/h11,13,15,22-23,26,29,31,34-36,40,61,67H,4,12,14,16-21,24-25H2,1-3,5-10H3,(H,49,57)(H,51,58)(H,52,55)(H,53,60)(H3,48,50,59)/b15-11+,27-13+/t29-,31?,34?,35?,36?,40?,46?/m0/s1. The predicted octanol–water partition coefficient (Wildman–Crippen LogP) is 3.95. The number of nitrogens with two attached hydrogens (primary N) is 1. The Morgan fingerprint density at radius 1 is 1.10 bits per heavy atom. The molecule has 374 valence electrons. The molecule has 0 saturated carbocycles. The summed E-state index contributed by atoms with van der Waals surface area (Å²) in [6.45, 7) is 14.7. The van der Waals surface area contributed by atoms with Crippen LogP contribution < -0.4 is 42.0 Å². The van der Waals surface area contributed by atoms with Gasteiger partial charge in [-0.1, -0.05) is 55.8 Å². The van der Waals surface area contributed by atoms with Gasteiger partial charge < -0.3 is 60.7 Å². The number of ether oxygens (including phenoxy) is 5. The molecule has 67 heavy (non-hydrogen) atoms. The number of nitrogens with zero attached hydrogens (tertiary/aromatic N) is 1. The first-order valence-corrected chi connectivity index (χ1v) is 23.2. The minimum Gasteiger partial charge on any atom is -0.495 e. The molecule has 0 spiro atoms. The zero-order chi connectivity index (χ0) is 50.2. The Bertz CT molecular complexity index is 2000. The van der Waals surface area contributed by atoms with Gasteiger partial charge in [-0.3, -0.25) is 24.5 Å². The molecule has 0 aromatic heterocycles. The number of amides is 7. The molecule has 1 saturated heterocycles. The van der Waals surface area contributed by atoms with Gasteiger partial charge in [-0.2, -0.15) is 12.6 Å². The highest BCUT2D eigenvalue weighted by molar-refractivity contribution is 7.80. The van der Waals surface area contributed by atoms with Gasteiger partial charge in [0.05, 0.1) is 31.1 Å². The van der Waals surface area contributed by atoms with E-state index in [4.69, 9.17) is 41.0 Å². The number of hydrogen-bond acceptors (Lipinski definition) is 13. The summed E-state index contributed by atoms with van der Waals surface area (Å²) >= 11 is 10.9. The van der Waals surface area contributed by atoms with E-state index in [1.807, 2.05) is 13.0 Å². The van der Waals surface area contributed by atoms with Gasteiger partial charge in [-0.15, -0.1) is 0 Å². The lowest BCUT2D eigenvalue weighted by molar-refractivity contribution is -0.194. The molecule has 8 N–H and O–H groups in total. The second-order valence-corrected chi connectivity index (χ2v) is 18.4. The van der Waals surface area contributed by atoms with Crippen molar-refractivity contribution in [3.8, 4) is 5.75 Å². The van der Waals surface area contributed by atoms with Gasteiger partial charge >= 0.3 is 12.1 Å². The van der Waals surface area contributed by atoms with Gasteiger partial charge in [0.1, 0.15) is 46.8 Å². The van der Waals surface area contributed by atoms with Crippen LogP contribution in [0.2, 0.25) is 5.02 Å². The molecule has 21 heteroatoms. The number of halogens is 1. The number of allylic oxidation sites excluding steroid dienone is 3. The molecule has 1 fully saturated rings. The quantitative estimate of drug-likeness (QED) is 0.0592. The smallest absolute Gasteiger partial charge is 0.409 e. The minimum atomic E-state index is -1.89. The first-order valence-electron chi connectivity index (χ1n) is 22.2. The van der Waals surface area contributed by atoms with E-state index in [-0.39, 0.29) is 80.0 Å². The molecule has 2 aliphatic rings. The van der Waals surface area contributed by atoms with Crippen LogP contribution in [-0.2, 0) is 44.5 Å². The molecule has 0 radical (unpaired) electrons. The second-order valence-electron chi connectivity index (χ2n) is 17.6. The van der Waals surface area contributed by atoms with Crippen molar-refractivity contribution >= 4 is 65.7 Å². The molecule has 6 unspecified atom stereocenters. The Hall–Kier alpha value is -5.02. The Kier molecular flexibility index (Phi) is 21.8. The number of alkyl carbamates (subject to hydrolysis) is 1. The van der Waals surface area contributed by atoms with Crippen LogP contribution in [-0.4, -0.2) is 129 Å². The van der Waals surface area contributed by atoms with Crippen molar-refractivity contribution in [3.63, 3.8) is 0 Å². The van der Waals surface area contributed by atoms with E-state index < -0.39 is 77.7 Å². The molecule has 1 aromatic carbocycles. The Labute approximate surface area is 404 Å². The van der Waals surface area contributed by atoms with E-state index >= 15 is 0 Å². The lowest BCUT2D eigenvalue weighted by atomic mass is 9.93. The zero-order valence-corrected chi connectivity index (χ0v) is 41.6. The number of nitrogens with one attached hydrogen (secondary N) is 5. The fourth-order valence-corrected chi connectivity index (χ4v) is 8.10. The molecule has 0 aliphatic carbocycles. The molecule has 2 heterocycles. The monoisotopic (exact) mass is 979 g/mol. The topological polar surface area (TPSA) is 258 Å². The van der Waals surface area contributed by atoms with E-state index in [0.29, 0.717) is 17.9 Å². The number of hydrogen-bond donors (Lipinski definition) is 8. The molecular formula is C46H70ClN7O12S. The Balaban J connectivity index is 1.93. The predicted molar refractivity (Wildman–Crippen MR) is 257 cm³/mol. The van der Waals surface area contributed by atoms with Gasteiger partial charge in [0.25, 0.3) is 0 Å². The Morgan fingerprint density at radius 2 is 1.81 bits per heavy atom. The van der Waals surface area contributed by atoms with E-state index in [0.717, 1.165) is 11.1 Å². The van der Waals surface area contributed by atoms with E-state index in [1.54, 1.807) is 66.0 Å². The summed E-state index contributed by atoms with van der Waals surface area (Å²) in [6, 6.07) is 0.843. The van der Waals surface area contributed by atoms with Crippen LogP contribution in [0.25, 0.3) is 0 Å². The third kappa shape index (κ3) is 16.9. The third-order valence-corrected chi connectivity index (χ3v) is 12.0. The number of benzene rings is 1. The largest absolute Gasteiger partial charge is 0.495 e. The summed E-state index contributed by atoms with van der Waals surface area (Å²) in [6.07, 6.45) is 1.03. The van der Waals surface area contributed by atoms with Crippen molar-refractivity contribution < 1.29 is 57.6 Å². The Morgan fingerprint density at radius 3 is 2.43 bits per heavy atom. The SMILES string of the molecule is C=C(CCNC(=O)C(CCCNC(N)=O)NC(=O)C(NC(=O)CCS)C(C)C)OC1CC(=O)N(C)c2cc(cc(OC)c2Cl)C/C(C)=C/C=C/C(OC)C2(O)CC(OC(=O)N2)[C@H](C)OC1(C)C. The molecular weight excluding hydrogens is 910 g/mol.